The smallest absolute Gasteiger partial charge is 0.462 e. The van der Waals surface area contributed by atoms with Gasteiger partial charge in [0, 0.05) is 25.7 Å². The molecule has 0 amide bonds. The fourth-order valence-electron chi connectivity index (χ4n) is 10.2. The first-order valence-corrected chi connectivity index (χ1v) is 38.5. The lowest BCUT2D eigenvalue weighted by Gasteiger charge is -2.21. The lowest BCUT2D eigenvalue weighted by atomic mass is 9.99. The Morgan fingerprint density at radius 3 is 0.874 bits per heavy atom. The van der Waals surface area contributed by atoms with Crippen LogP contribution in [0.2, 0.25) is 0 Å². The van der Waals surface area contributed by atoms with Gasteiger partial charge in [0.25, 0.3) is 0 Å². The van der Waals surface area contributed by atoms with Crippen LogP contribution in [0.5, 0.6) is 0 Å². The van der Waals surface area contributed by atoms with Crippen molar-refractivity contribution in [2.24, 2.45) is 11.8 Å². The number of unbranched alkanes of at least 4 members (excludes halogenated alkanes) is 36. The summed E-state index contributed by atoms with van der Waals surface area (Å²) in [6.45, 7) is 9.52. The van der Waals surface area contributed by atoms with Crippen LogP contribution in [0.25, 0.3) is 0 Å². The number of hydrogen-bond donors (Lipinski definition) is 3. The number of aliphatic hydroxyl groups is 1. The molecule has 0 heterocycles. The van der Waals surface area contributed by atoms with Crippen LogP contribution in [-0.4, -0.2) is 96.7 Å². The molecule has 0 aromatic carbocycles. The van der Waals surface area contributed by atoms with Crippen molar-refractivity contribution in [1.29, 1.82) is 0 Å². The first-order valence-electron chi connectivity index (χ1n) is 35.5. The second-order valence-corrected chi connectivity index (χ2v) is 28.2. The SMILES string of the molecule is CCCCCCCCCCCCC(=O)O[C@H](COC(=O)CCCCCCCCCC)COP(=O)(O)OC[C@H](O)COP(=O)(O)OC[C@@H](COC(=O)CCCCCCCCCCC(C)C)OC(=O)CCCCCCCCCCCCCCCCC(C)CC. The number of ether oxygens (including phenoxy) is 4. The number of carbonyl (C=O) groups excluding carboxylic acids is 4. The predicted molar refractivity (Wildman–Crippen MR) is 349 cm³/mol. The Bertz CT molecular complexity index is 1700. The maximum Gasteiger partial charge on any atom is 0.472 e. The van der Waals surface area contributed by atoms with Gasteiger partial charge in [-0.15, -0.1) is 0 Å². The Kier molecular flexibility index (Phi) is 59.0. The largest absolute Gasteiger partial charge is 0.472 e. The molecule has 0 radical (unpaired) electrons. The maximum atomic E-state index is 13.0. The third-order valence-electron chi connectivity index (χ3n) is 16.1. The van der Waals surface area contributed by atoms with Crippen LogP contribution in [0, 0.1) is 11.8 Å². The first-order chi connectivity index (χ1) is 41.9. The number of aliphatic hydroxyl groups excluding tert-OH is 1. The van der Waals surface area contributed by atoms with E-state index in [-0.39, 0.29) is 25.7 Å². The van der Waals surface area contributed by atoms with E-state index in [2.05, 4.69) is 41.5 Å². The molecule has 3 N–H and O–H groups in total. The van der Waals surface area contributed by atoms with Crippen molar-refractivity contribution in [3.63, 3.8) is 0 Å². The lowest BCUT2D eigenvalue weighted by molar-refractivity contribution is -0.161. The summed E-state index contributed by atoms with van der Waals surface area (Å²) < 4.78 is 68.1. The molecule has 0 rings (SSSR count). The molecule has 0 aliphatic heterocycles. The Labute approximate surface area is 530 Å². The summed E-state index contributed by atoms with van der Waals surface area (Å²) in [6, 6.07) is 0. The van der Waals surface area contributed by atoms with Crippen molar-refractivity contribution in [2.45, 2.75) is 362 Å². The van der Waals surface area contributed by atoms with Gasteiger partial charge >= 0.3 is 39.5 Å². The molecule has 0 saturated carbocycles. The molecule has 6 atom stereocenters. The van der Waals surface area contributed by atoms with Crippen LogP contribution in [-0.2, 0) is 65.4 Å². The second kappa shape index (κ2) is 60.3. The van der Waals surface area contributed by atoms with Crippen LogP contribution < -0.4 is 0 Å². The van der Waals surface area contributed by atoms with Crippen LogP contribution in [0.4, 0.5) is 0 Å². The summed E-state index contributed by atoms with van der Waals surface area (Å²) in [6.07, 6.45) is 44.4. The van der Waals surface area contributed by atoms with E-state index in [1.54, 1.807) is 0 Å². The molecule has 0 bridgehead atoms. The van der Waals surface area contributed by atoms with Gasteiger partial charge in [-0.2, -0.15) is 0 Å². The molecule has 0 aromatic heterocycles. The highest BCUT2D eigenvalue weighted by atomic mass is 31.2. The molecule has 0 aliphatic rings. The van der Waals surface area contributed by atoms with Gasteiger partial charge in [0.15, 0.2) is 12.2 Å². The Morgan fingerprint density at radius 1 is 0.333 bits per heavy atom. The first kappa shape index (κ1) is 85.1. The van der Waals surface area contributed by atoms with Crippen LogP contribution in [0.1, 0.15) is 343 Å². The number of esters is 4. The zero-order valence-corrected chi connectivity index (χ0v) is 58.1. The number of phosphoric acid groups is 2. The minimum atomic E-state index is -4.95. The van der Waals surface area contributed by atoms with E-state index in [9.17, 15) is 43.2 Å². The number of rotatable bonds is 67. The van der Waals surface area contributed by atoms with E-state index < -0.39 is 97.5 Å². The number of phosphoric ester groups is 2. The quantitative estimate of drug-likeness (QED) is 0.0222. The monoisotopic (exact) mass is 1280 g/mol. The van der Waals surface area contributed by atoms with Crippen molar-refractivity contribution in [3.8, 4) is 0 Å². The second-order valence-electron chi connectivity index (χ2n) is 25.3. The van der Waals surface area contributed by atoms with Gasteiger partial charge in [0.2, 0.25) is 0 Å². The van der Waals surface area contributed by atoms with E-state index in [0.717, 1.165) is 108 Å². The average Bonchev–Trinajstić information content (AvgIpc) is 3.70. The number of hydrogen-bond acceptors (Lipinski definition) is 15. The van der Waals surface area contributed by atoms with Crippen molar-refractivity contribution >= 4 is 39.5 Å². The zero-order valence-electron chi connectivity index (χ0n) is 56.3. The highest BCUT2D eigenvalue weighted by molar-refractivity contribution is 7.47. The highest BCUT2D eigenvalue weighted by Crippen LogP contribution is 2.45. The van der Waals surface area contributed by atoms with E-state index in [1.807, 2.05) is 0 Å². The van der Waals surface area contributed by atoms with Gasteiger partial charge < -0.3 is 33.8 Å². The van der Waals surface area contributed by atoms with Crippen LogP contribution >= 0.6 is 15.6 Å². The molecule has 17 nitrogen and oxygen atoms in total. The summed E-state index contributed by atoms with van der Waals surface area (Å²) in [5.41, 5.74) is 0. The van der Waals surface area contributed by atoms with Crippen molar-refractivity contribution in [1.82, 2.24) is 0 Å². The summed E-state index contributed by atoms with van der Waals surface area (Å²) in [4.78, 5) is 72.3. The highest BCUT2D eigenvalue weighted by Gasteiger charge is 2.30. The third kappa shape index (κ3) is 61.3. The summed E-state index contributed by atoms with van der Waals surface area (Å²) >= 11 is 0. The fourth-order valence-corrected chi connectivity index (χ4v) is 11.8. The van der Waals surface area contributed by atoms with E-state index in [1.165, 1.54) is 154 Å². The van der Waals surface area contributed by atoms with Crippen molar-refractivity contribution in [3.05, 3.63) is 0 Å². The third-order valence-corrected chi connectivity index (χ3v) is 18.0. The van der Waals surface area contributed by atoms with E-state index >= 15 is 0 Å². The summed E-state index contributed by atoms with van der Waals surface area (Å²) in [5, 5.41) is 10.6. The summed E-state index contributed by atoms with van der Waals surface area (Å²) in [5.74, 6) is -0.558. The zero-order chi connectivity index (χ0) is 64.3. The normalized spacial score (nSPS) is 14.5. The fraction of sp³-hybridized carbons (Fsp3) is 0.941. The minimum Gasteiger partial charge on any atom is -0.462 e. The Balaban J connectivity index is 5.19. The molecular formula is C68H132O17P2. The molecule has 0 aliphatic carbocycles. The molecule has 0 spiro atoms. The van der Waals surface area contributed by atoms with Gasteiger partial charge in [0.05, 0.1) is 26.4 Å². The summed E-state index contributed by atoms with van der Waals surface area (Å²) in [7, 11) is -9.89. The number of carbonyl (C=O) groups is 4. The van der Waals surface area contributed by atoms with Gasteiger partial charge in [0.1, 0.15) is 19.3 Å². The molecule has 0 saturated heterocycles. The molecule has 87 heavy (non-hydrogen) atoms. The van der Waals surface area contributed by atoms with Gasteiger partial charge in [-0.05, 0) is 37.5 Å². The predicted octanol–water partition coefficient (Wildman–Crippen LogP) is 19.2. The van der Waals surface area contributed by atoms with Gasteiger partial charge in [-0.3, -0.25) is 37.3 Å². The van der Waals surface area contributed by atoms with E-state index in [0.29, 0.717) is 25.7 Å². The molecule has 516 valence electrons. The minimum absolute atomic E-state index is 0.106. The van der Waals surface area contributed by atoms with Gasteiger partial charge in [-0.1, -0.05) is 292 Å². The van der Waals surface area contributed by atoms with Crippen LogP contribution in [0.3, 0.4) is 0 Å². The molecule has 19 heteroatoms. The van der Waals surface area contributed by atoms with E-state index in [4.69, 9.17) is 37.0 Å². The molecule has 0 fully saturated rings. The Hall–Kier alpha value is -1.94. The van der Waals surface area contributed by atoms with Crippen molar-refractivity contribution < 1.29 is 80.2 Å². The standard InChI is InChI=1S/C68H132O17P2/c1-7-10-12-14-16-18-26-34-40-46-52-67(72)84-63(56-78-65(70)50-44-38-32-17-15-13-11-8-2)58-82-86(74,75)80-54-62(69)55-81-87(76,77)83-59-64(57-79-66(71)51-45-39-33-29-28-30-36-42-48-60(4)5)85-68(73)53-47-41-35-27-24-22-20-19-21-23-25-31-37-43-49-61(6)9-3/h60-64,69H,7-59H2,1-6H3,(H,74,75)(H,76,77)/t61?,62-,63+,64+/m0/s1. The molecular weight excluding hydrogens is 1150 g/mol. The lowest BCUT2D eigenvalue weighted by Crippen LogP contribution is -2.30. The van der Waals surface area contributed by atoms with Crippen molar-refractivity contribution in [2.75, 3.05) is 39.6 Å². The average molecular weight is 1280 g/mol. The van der Waals surface area contributed by atoms with Gasteiger partial charge in [-0.25, -0.2) is 9.13 Å². The van der Waals surface area contributed by atoms with Crippen LogP contribution in [0.15, 0.2) is 0 Å². The Morgan fingerprint density at radius 2 is 0.586 bits per heavy atom. The molecule has 3 unspecified atom stereocenters. The topological polar surface area (TPSA) is 237 Å². The molecule has 0 aromatic rings. The maximum absolute atomic E-state index is 13.0.